The molecule has 3 rings (SSSR count). The van der Waals surface area contributed by atoms with Crippen LogP contribution in [0.3, 0.4) is 0 Å². The minimum absolute atomic E-state index is 0.0322. The van der Waals surface area contributed by atoms with Crippen molar-refractivity contribution in [3.05, 3.63) is 40.1 Å². The molecule has 24 heavy (non-hydrogen) atoms. The summed E-state index contributed by atoms with van der Waals surface area (Å²) in [4.78, 5) is 29.8. The molecule has 0 aliphatic carbocycles. The number of nitro groups is 1. The number of esters is 1. The molecule has 0 saturated carbocycles. The number of hydrogen-bond acceptors (Lipinski definition) is 6. The Morgan fingerprint density at radius 1 is 1.38 bits per heavy atom. The van der Waals surface area contributed by atoms with Crippen LogP contribution in [-0.4, -0.2) is 39.6 Å². The van der Waals surface area contributed by atoms with Crippen LogP contribution in [0.5, 0.6) is 5.75 Å². The van der Waals surface area contributed by atoms with Gasteiger partial charge in [0.2, 0.25) is 0 Å². The van der Waals surface area contributed by atoms with Gasteiger partial charge in [0.15, 0.2) is 11.6 Å². The molecule has 0 aliphatic heterocycles. The van der Waals surface area contributed by atoms with Gasteiger partial charge in [-0.2, -0.15) is 0 Å². The van der Waals surface area contributed by atoms with Crippen LogP contribution in [0.15, 0.2) is 24.4 Å². The molecule has 0 spiro atoms. The molecule has 9 nitrogen and oxygen atoms in total. The number of nitrogens with one attached hydrogen (secondary N) is 1. The molecule has 1 aromatic carbocycles. The van der Waals surface area contributed by atoms with Crippen LogP contribution in [0.25, 0.3) is 22.6 Å². The Labute approximate surface area is 136 Å². The first kappa shape index (κ1) is 15.5. The number of methoxy groups -OCH3 is 2. The van der Waals surface area contributed by atoms with Crippen LogP contribution in [-0.2, 0) is 11.8 Å². The van der Waals surface area contributed by atoms with E-state index >= 15 is 0 Å². The summed E-state index contributed by atoms with van der Waals surface area (Å²) in [7, 11) is 4.40. The van der Waals surface area contributed by atoms with Crippen LogP contribution in [0.2, 0.25) is 0 Å². The van der Waals surface area contributed by atoms with Gasteiger partial charge in [-0.15, -0.1) is 0 Å². The average molecular weight is 330 g/mol. The Hall–Kier alpha value is -3.36. The van der Waals surface area contributed by atoms with Gasteiger partial charge in [-0.1, -0.05) is 0 Å². The molecule has 2 heterocycles. The summed E-state index contributed by atoms with van der Waals surface area (Å²) in [6.07, 6.45) is 1.40. The van der Waals surface area contributed by atoms with E-state index < -0.39 is 10.9 Å². The third-order valence-corrected chi connectivity index (χ3v) is 3.66. The van der Waals surface area contributed by atoms with Gasteiger partial charge in [0.05, 0.1) is 36.6 Å². The van der Waals surface area contributed by atoms with Gasteiger partial charge in [0.25, 0.3) is 5.69 Å². The molecule has 0 fully saturated rings. The number of H-pyrrole nitrogens is 1. The number of aromatic amines is 1. The topological polar surface area (TPSA) is 112 Å². The third kappa shape index (κ3) is 2.35. The molecule has 0 amide bonds. The zero-order valence-electron chi connectivity index (χ0n) is 13.2. The Kier molecular flexibility index (Phi) is 3.68. The number of benzene rings is 1. The lowest BCUT2D eigenvalue weighted by Crippen LogP contribution is -2.04. The minimum atomic E-state index is -0.534. The number of ether oxygens (including phenoxy) is 2. The van der Waals surface area contributed by atoms with E-state index in [0.29, 0.717) is 22.6 Å². The maximum atomic E-state index is 11.8. The second-order valence-corrected chi connectivity index (χ2v) is 5.07. The Morgan fingerprint density at radius 2 is 2.12 bits per heavy atom. The van der Waals surface area contributed by atoms with Crippen molar-refractivity contribution in [2.24, 2.45) is 7.05 Å². The molecule has 3 aromatic rings. The van der Waals surface area contributed by atoms with E-state index in [-0.39, 0.29) is 17.0 Å². The van der Waals surface area contributed by atoms with E-state index in [9.17, 15) is 14.9 Å². The highest BCUT2D eigenvalue weighted by Gasteiger charge is 2.21. The quantitative estimate of drug-likeness (QED) is 0.446. The van der Waals surface area contributed by atoms with Crippen LogP contribution in [0.1, 0.15) is 10.4 Å². The number of carbonyl (C=O) groups is 1. The molecule has 0 unspecified atom stereocenters. The lowest BCUT2D eigenvalue weighted by molar-refractivity contribution is -0.384. The van der Waals surface area contributed by atoms with Crippen molar-refractivity contribution in [3.8, 4) is 17.3 Å². The molecule has 0 saturated heterocycles. The number of aryl methyl sites for hydroxylation is 1. The third-order valence-electron chi connectivity index (χ3n) is 3.66. The van der Waals surface area contributed by atoms with Crippen molar-refractivity contribution in [2.75, 3.05) is 14.2 Å². The number of nitrogens with zero attached hydrogens (tertiary/aromatic N) is 3. The van der Waals surface area contributed by atoms with Gasteiger partial charge in [0, 0.05) is 13.1 Å². The van der Waals surface area contributed by atoms with Gasteiger partial charge in [-0.05, 0) is 12.1 Å². The number of aromatic nitrogens is 3. The first-order valence-electron chi connectivity index (χ1n) is 6.92. The smallest absolute Gasteiger partial charge is 0.341 e. The van der Waals surface area contributed by atoms with Crippen molar-refractivity contribution in [3.63, 3.8) is 0 Å². The fraction of sp³-hybridized carbons (Fsp3) is 0.200. The largest absolute Gasteiger partial charge is 0.493 e. The van der Waals surface area contributed by atoms with E-state index in [1.54, 1.807) is 23.7 Å². The summed E-state index contributed by atoms with van der Waals surface area (Å²) in [6, 6.07) is 4.67. The Balaban J connectivity index is 2.18. The zero-order valence-corrected chi connectivity index (χ0v) is 13.2. The molecule has 9 heteroatoms. The van der Waals surface area contributed by atoms with Gasteiger partial charge < -0.3 is 19.0 Å². The molecular formula is C15H14N4O5. The van der Waals surface area contributed by atoms with Crippen molar-refractivity contribution in [2.45, 2.75) is 0 Å². The molecule has 1 N–H and O–H groups in total. The second-order valence-electron chi connectivity index (χ2n) is 5.07. The number of hydrogen-bond donors (Lipinski definition) is 1. The highest BCUT2D eigenvalue weighted by molar-refractivity contribution is 5.99. The summed E-state index contributed by atoms with van der Waals surface area (Å²) < 4.78 is 11.6. The van der Waals surface area contributed by atoms with Crippen LogP contribution in [0.4, 0.5) is 5.69 Å². The minimum Gasteiger partial charge on any atom is -0.493 e. The summed E-state index contributed by atoms with van der Waals surface area (Å²) in [5.41, 5.74) is 1.84. The molecular weight excluding hydrogens is 316 g/mol. The van der Waals surface area contributed by atoms with Gasteiger partial charge in [-0.25, -0.2) is 9.78 Å². The molecule has 2 aromatic heterocycles. The van der Waals surface area contributed by atoms with Gasteiger partial charge in [0.1, 0.15) is 11.1 Å². The first-order chi connectivity index (χ1) is 11.5. The summed E-state index contributed by atoms with van der Waals surface area (Å²) in [5.74, 6) is 0.180. The maximum Gasteiger partial charge on any atom is 0.341 e. The predicted octanol–water partition coefficient (Wildman–Crippen LogP) is 2.27. The molecule has 0 bridgehead atoms. The second kappa shape index (κ2) is 5.69. The van der Waals surface area contributed by atoms with Crippen molar-refractivity contribution < 1.29 is 19.2 Å². The van der Waals surface area contributed by atoms with Crippen molar-refractivity contribution in [1.82, 2.24) is 14.5 Å². The van der Waals surface area contributed by atoms with E-state index in [0.717, 1.165) is 0 Å². The zero-order chi connectivity index (χ0) is 17.4. The Bertz CT molecular complexity index is 956. The lowest BCUT2D eigenvalue weighted by atomic mass is 10.1. The fourth-order valence-corrected chi connectivity index (χ4v) is 2.53. The maximum absolute atomic E-state index is 11.8. The van der Waals surface area contributed by atoms with Crippen LogP contribution < -0.4 is 4.74 Å². The monoisotopic (exact) mass is 330 g/mol. The van der Waals surface area contributed by atoms with Crippen LogP contribution >= 0.6 is 0 Å². The van der Waals surface area contributed by atoms with Gasteiger partial charge >= 0.3 is 5.97 Å². The van der Waals surface area contributed by atoms with E-state index in [1.807, 2.05) is 0 Å². The molecule has 124 valence electrons. The normalized spacial score (nSPS) is 10.8. The summed E-state index contributed by atoms with van der Waals surface area (Å²) in [5, 5.41) is 10.9. The molecule has 0 radical (unpaired) electrons. The lowest BCUT2D eigenvalue weighted by Gasteiger charge is -2.06. The van der Waals surface area contributed by atoms with Crippen LogP contribution in [0, 0.1) is 10.1 Å². The highest BCUT2D eigenvalue weighted by atomic mass is 16.6. The highest BCUT2D eigenvalue weighted by Crippen LogP contribution is 2.32. The predicted molar refractivity (Wildman–Crippen MR) is 85.0 cm³/mol. The SMILES string of the molecule is COC(=O)c1ccc2[nH]c(-c3cc([N+](=O)[O-])cn3C)nc2c1OC. The Morgan fingerprint density at radius 3 is 2.71 bits per heavy atom. The van der Waals surface area contributed by atoms with E-state index in [2.05, 4.69) is 9.97 Å². The summed E-state index contributed by atoms with van der Waals surface area (Å²) in [6.45, 7) is 0. The van der Waals surface area contributed by atoms with Crippen molar-refractivity contribution >= 4 is 22.7 Å². The average Bonchev–Trinajstić information content (AvgIpc) is 3.16. The fourth-order valence-electron chi connectivity index (χ4n) is 2.53. The standard InChI is InChI=1S/C15H14N4O5/c1-18-7-8(19(21)22)6-11(18)14-16-10-5-4-9(15(20)24-3)13(23-2)12(10)17-14/h4-7H,1-3H3,(H,16,17). The number of imidazole rings is 1. The molecule has 0 atom stereocenters. The first-order valence-corrected chi connectivity index (χ1v) is 6.92. The van der Waals surface area contributed by atoms with Crippen molar-refractivity contribution in [1.29, 1.82) is 0 Å². The summed E-state index contributed by atoms with van der Waals surface area (Å²) >= 11 is 0. The number of rotatable bonds is 4. The van der Waals surface area contributed by atoms with Gasteiger partial charge in [-0.3, -0.25) is 10.1 Å². The van der Waals surface area contributed by atoms with E-state index in [1.165, 1.54) is 26.5 Å². The number of fused-ring (bicyclic) bond motifs is 1. The molecule has 0 aliphatic rings. The van der Waals surface area contributed by atoms with E-state index in [4.69, 9.17) is 9.47 Å². The number of carbonyl (C=O) groups excluding carboxylic acids is 1.